The highest BCUT2D eigenvalue weighted by Gasteiger charge is 2.38. The monoisotopic (exact) mass is 272 g/mol. The molecule has 5 heteroatoms. The minimum absolute atomic E-state index is 0.0777. The van der Waals surface area contributed by atoms with Crippen molar-refractivity contribution < 1.29 is 4.79 Å². The SMILES string of the molecule is CSC1(C(N)=S)CCN(C(=O)CC2CC2)CC1. The van der Waals surface area contributed by atoms with Crippen molar-refractivity contribution in [2.75, 3.05) is 19.3 Å². The summed E-state index contributed by atoms with van der Waals surface area (Å²) in [5.41, 5.74) is 5.83. The number of nitrogens with zero attached hydrogens (tertiary/aromatic N) is 1. The lowest BCUT2D eigenvalue weighted by Gasteiger charge is -2.40. The van der Waals surface area contributed by atoms with Gasteiger partial charge in [-0.2, -0.15) is 11.8 Å². The molecule has 0 aromatic rings. The second-order valence-electron chi connectivity index (χ2n) is 5.09. The highest BCUT2D eigenvalue weighted by Crippen LogP contribution is 2.37. The van der Waals surface area contributed by atoms with Crippen molar-refractivity contribution in [3.8, 4) is 0 Å². The smallest absolute Gasteiger partial charge is 0.222 e. The Kier molecular flexibility index (Phi) is 3.98. The van der Waals surface area contributed by atoms with E-state index in [0.29, 0.717) is 16.8 Å². The van der Waals surface area contributed by atoms with Gasteiger partial charge in [0.15, 0.2) is 0 Å². The van der Waals surface area contributed by atoms with Gasteiger partial charge in [0.2, 0.25) is 5.91 Å². The van der Waals surface area contributed by atoms with Gasteiger partial charge in [-0.05, 0) is 37.9 Å². The molecule has 2 rings (SSSR count). The van der Waals surface area contributed by atoms with Crippen molar-refractivity contribution in [3.05, 3.63) is 0 Å². The van der Waals surface area contributed by atoms with Crippen LogP contribution in [0.1, 0.15) is 32.1 Å². The number of nitrogens with two attached hydrogens (primary N) is 1. The van der Waals surface area contributed by atoms with Gasteiger partial charge in [-0.25, -0.2) is 0 Å². The fraction of sp³-hybridized carbons (Fsp3) is 0.833. The molecule has 0 aromatic carbocycles. The number of amides is 1. The van der Waals surface area contributed by atoms with E-state index in [9.17, 15) is 4.79 Å². The largest absolute Gasteiger partial charge is 0.392 e. The number of thiocarbonyl (C=S) groups is 1. The Morgan fingerprint density at radius 3 is 2.47 bits per heavy atom. The summed E-state index contributed by atoms with van der Waals surface area (Å²) in [7, 11) is 0. The summed E-state index contributed by atoms with van der Waals surface area (Å²) in [5, 5.41) is 0. The average Bonchev–Trinajstić information content (AvgIpc) is 3.12. The summed E-state index contributed by atoms with van der Waals surface area (Å²) in [6, 6.07) is 0. The van der Waals surface area contributed by atoms with E-state index in [1.165, 1.54) is 12.8 Å². The fourth-order valence-corrected chi connectivity index (χ4v) is 3.61. The second kappa shape index (κ2) is 5.14. The molecular formula is C12H20N2OS2. The minimum Gasteiger partial charge on any atom is -0.392 e. The first-order valence-corrected chi connectivity index (χ1v) is 7.83. The van der Waals surface area contributed by atoms with Gasteiger partial charge in [0.25, 0.3) is 0 Å². The molecule has 0 radical (unpaired) electrons. The van der Waals surface area contributed by atoms with Gasteiger partial charge in [0.05, 0.1) is 9.74 Å². The van der Waals surface area contributed by atoms with Crippen LogP contribution in [0.4, 0.5) is 0 Å². The quantitative estimate of drug-likeness (QED) is 0.793. The molecule has 2 fully saturated rings. The molecule has 0 atom stereocenters. The van der Waals surface area contributed by atoms with Crippen LogP contribution in [0.25, 0.3) is 0 Å². The van der Waals surface area contributed by atoms with Gasteiger partial charge in [-0.3, -0.25) is 4.79 Å². The number of thioether (sulfide) groups is 1. The molecule has 1 heterocycles. The third-order valence-corrected chi connectivity index (χ3v) is 5.85. The maximum atomic E-state index is 12.0. The summed E-state index contributed by atoms with van der Waals surface area (Å²) in [5.74, 6) is 0.996. The van der Waals surface area contributed by atoms with Crippen LogP contribution in [0.2, 0.25) is 0 Å². The Labute approximate surface area is 112 Å². The van der Waals surface area contributed by atoms with E-state index < -0.39 is 0 Å². The van der Waals surface area contributed by atoms with Gasteiger partial charge in [0.1, 0.15) is 0 Å². The van der Waals surface area contributed by atoms with E-state index in [1.54, 1.807) is 11.8 Å². The highest BCUT2D eigenvalue weighted by atomic mass is 32.2. The fourth-order valence-electron chi connectivity index (χ4n) is 2.37. The molecule has 3 nitrogen and oxygen atoms in total. The number of piperidine rings is 1. The summed E-state index contributed by atoms with van der Waals surface area (Å²) < 4.78 is -0.0777. The van der Waals surface area contributed by atoms with Crippen LogP contribution in [0.5, 0.6) is 0 Å². The van der Waals surface area contributed by atoms with Crippen molar-refractivity contribution in [2.45, 2.75) is 36.9 Å². The second-order valence-corrected chi connectivity index (χ2v) is 6.72. The zero-order valence-corrected chi connectivity index (χ0v) is 11.9. The van der Waals surface area contributed by atoms with E-state index in [-0.39, 0.29) is 4.75 Å². The van der Waals surface area contributed by atoms with Crippen molar-refractivity contribution in [2.24, 2.45) is 11.7 Å². The lowest BCUT2D eigenvalue weighted by Crippen LogP contribution is -2.50. The molecule has 1 amide bonds. The van der Waals surface area contributed by atoms with Crippen LogP contribution >= 0.6 is 24.0 Å². The first-order valence-electron chi connectivity index (χ1n) is 6.20. The first-order chi connectivity index (χ1) is 8.07. The molecule has 1 saturated carbocycles. The molecule has 0 unspecified atom stereocenters. The molecular weight excluding hydrogens is 252 g/mol. The van der Waals surface area contributed by atoms with Crippen LogP contribution in [0.15, 0.2) is 0 Å². The topological polar surface area (TPSA) is 46.3 Å². The van der Waals surface area contributed by atoms with Gasteiger partial charge in [0, 0.05) is 19.5 Å². The number of likely N-dealkylation sites (tertiary alicyclic amines) is 1. The molecule has 1 aliphatic heterocycles. The predicted molar refractivity (Wildman–Crippen MR) is 76.2 cm³/mol. The number of carbonyl (C=O) groups is 1. The number of hydrogen-bond acceptors (Lipinski definition) is 3. The molecule has 0 spiro atoms. The maximum Gasteiger partial charge on any atom is 0.222 e. The lowest BCUT2D eigenvalue weighted by atomic mass is 9.95. The summed E-state index contributed by atoms with van der Waals surface area (Å²) >= 11 is 6.90. The summed E-state index contributed by atoms with van der Waals surface area (Å²) in [6.07, 6.45) is 7.09. The van der Waals surface area contributed by atoms with Crippen LogP contribution in [-0.2, 0) is 4.79 Å². The zero-order chi connectivity index (χ0) is 12.5. The number of hydrogen-bond donors (Lipinski definition) is 1. The van der Waals surface area contributed by atoms with Crippen LogP contribution in [0, 0.1) is 5.92 Å². The molecule has 96 valence electrons. The normalized spacial score (nSPS) is 23.5. The number of carbonyl (C=O) groups excluding carboxylic acids is 1. The number of rotatable bonds is 4. The molecule has 0 aromatic heterocycles. The zero-order valence-electron chi connectivity index (χ0n) is 10.3. The first kappa shape index (κ1) is 13.1. The van der Waals surface area contributed by atoms with E-state index in [1.807, 2.05) is 4.90 Å². The molecule has 0 bridgehead atoms. The van der Waals surface area contributed by atoms with Crippen molar-refractivity contribution in [3.63, 3.8) is 0 Å². The maximum absolute atomic E-state index is 12.0. The van der Waals surface area contributed by atoms with Crippen molar-refractivity contribution >= 4 is 34.9 Å². The Hall–Kier alpha value is -0.290. The molecule has 2 N–H and O–H groups in total. The average molecular weight is 272 g/mol. The molecule has 1 saturated heterocycles. The lowest BCUT2D eigenvalue weighted by molar-refractivity contribution is -0.132. The van der Waals surface area contributed by atoms with Gasteiger partial charge in [-0.1, -0.05) is 12.2 Å². The molecule has 17 heavy (non-hydrogen) atoms. The van der Waals surface area contributed by atoms with E-state index >= 15 is 0 Å². The van der Waals surface area contributed by atoms with Crippen LogP contribution in [0.3, 0.4) is 0 Å². The Bertz CT molecular complexity index is 320. The molecule has 2 aliphatic rings. The summed E-state index contributed by atoms with van der Waals surface area (Å²) in [4.78, 5) is 14.6. The third kappa shape index (κ3) is 2.94. The van der Waals surface area contributed by atoms with Crippen molar-refractivity contribution in [1.82, 2.24) is 4.90 Å². The van der Waals surface area contributed by atoms with Gasteiger partial charge >= 0.3 is 0 Å². The Balaban J connectivity index is 1.87. The van der Waals surface area contributed by atoms with E-state index in [0.717, 1.165) is 32.4 Å². The standard InChI is InChI=1S/C12H20N2OS2/c1-17-12(11(13)16)4-6-14(7-5-12)10(15)8-9-2-3-9/h9H,2-8H2,1H3,(H2,13,16). The van der Waals surface area contributed by atoms with Crippen LogP contribution in [-0.4, -0.2) is 39.9 Å². The predicted octanol–water partition coefficient (Wildman–Crippen LogP) is 1.80. The Morgan fingerprint density at radius 1 is 1.47 bits per heavy atom. The Morgan fingerprint density at radius 2 is 2.06 bits per heavy atom. The highest BCUT2D eigenvalue weighted by molar-refractivity contribution is 8.02. The van der Waals surface area contributed by atoms with Crippen LogP contribution < -0.4 is 5.73 Å². The van der Waals surface area contributed by atoms with Crippen molar-refractivity contribution in [1.29, 1.82) is 0 Å². The van der Waals surface area contributed by atoms with Gasteiger partial charge in [-0.15, -0.1) is 0 Å². The molecule has 1 aliphatic carbocycles. The minimum atomic E-state index is -0.0777. The van der Waals surface area contributed by atoms with E-state index in [4.69, 9.17) is 18.0 Å². The van der Waals surface area contributed by atoms with E-state index in [2.05, 4.69) is 6.26 Å². The van der Waals surface area contributed by atoms with Gasteiger partial charge < -0.3 is 10.6 Å². The summed E-state index contributed by atoms with van der Waals surface area (Å²) in [6.45, 7) is 1.62. The third-order valence-electron chi connectivity index (χ3n) is 3.92.